The third-order valence-corrected chi connectivity index (χ3v) is 3.35. The minimum absolute atomic E-state index is 0.0870. The number of hydrogen-bond acceptors (Lipinski definition) is 4. The molecule has 21 heavy (non-hydrogen) atoms. The molecule has 0 radical (unpaired) electrons. The first kappa shape index (κ1) is 13.2. The number of phenolic OH excluding ortho intramolecular Hbond substituents is 1. The average molecular weight is 282 g/mol. The summed E-state index contributed by atoms with van der Waals surface area (Å²) < 4.78 is 10.7. The van der Waals surface area contributed by atoms with Crippen molar-refractivity contribution in [3.8, 4) is 17.2 Å². The Morgan fingerprint density at radius 2 is 2.10 bits per heavy atom. The van der Waals surface area contributed by atoms with Crippen LogP contribution in [0.4, 0.5) is 0 Å². The zero-order chi connectivity index (χ0) is 14.8. The molecule has 2 aromatic carbocycles. The predicted molar refractivity (Wildman–Crippen MR) is 77.9 cm³/mol. The highest BCUT2D eigenvalue weighted by molar-refractivity contribution is 5.93. The smallest absolute Gasteiger partial charge is 0.342 e. The van der Waals surface area contributed by atoms with Crippen LogP contribution in [0.2, 0.25) is 0 Å². The Labute approximate surface area is 122 Å². The van der Waals surface area contributed by atoms with E-state index in [9.17, 15) is 9.90 Å². The number of benzene rings is 2. The predicted octanol–water partition coefficient (Wildman–Crippen LogP) is 3.43. The fourth-order valence-corrected chi connectivity index (χ4v) is 2.32. The third kappa shape index (κ3) is 2.36. The van der Waals surface area contributed by atoms with Gasteiger partial charge in [-0.1, -0.05) is 30.9 Å². The van der Waals surface area contributed by atoms with Gasteiger partial charge in [-0.3, -0.25) is 0 Å². The van der Waals surface area contributed by atoms with Crippen LogP contribution in [0.25, 0.3) is 0 Å². The van der Waals surface area contributed by atoms with Crippen LogP contribution in [0.5, 0.6) is 17.2 Å². The van der Waals surface area contributed by atoms with Crippen molar-refractivity contribution in [2.75, 3.05) is 6.61 Å². The second-order valence-electron chi connectivity index (χ2n) is 4.71. The normalized spacial score (nSPS) is 11.8. The Hall–Kier alpha value is -2.75. The molecule has 0 atom stereocenters. The Morgan fingerprint density at radius 1 is 1.29 bits per heavy atom. The molecule has 0 spiro atoms. The Bertz CT molecular complexity index is 719. The van der Waals surface area contributed by atoms with Gasteiger partial charge in [-0.15, -0.1) is 0 Å². The Morgan fingerprint density at radius 3 is 2.90 bits per heavy atom. The number of carbonyl (C=O) groups excluding carboxylic acids is 1. The number of esters is 1. The minimum atomic E-state index is -0.575. The third-order valence-electron chi connectivity index (χ3n) is 3.35. The zero-order valence-corrected chi connectivity index (χ0v) is 11.3. The van der Waals surface area contributed by atoms with Crippen molar-refractivity contribution in [3.05, 3.63) is 65.7 Å². The van der Waals surface area contributed by atoms with Crippen LogP contribution in [0, 0.1) is 0 Å². The van der Waals surface area contributed by atoms with E-state index in [1.54, 1.807) is 6.07 Å². The maximum absolute atomic E-state index is 11.9. The van der Waals surface area contributed by atoms with Crippen molar-refractivity contribution in [2.24, 2.45) is 0 Å². The van der Waals surface area contributed by atoms with Gasteiger partial charge in [0.1, 0.15) is 29.4 Å². The first-order valence-corrected chi connectivity index (χ1v) is 6.59. The molecule has 0 fully saturated rings. The number of ether oxygens (including phenoxy) is 2. The highest BCUT2D eigenvalue weighted by Crippen LogP contribution is 2.41. The van der Waals surface area contributed by atoms with Crippen LogP contribution < -0.4 is 4.74 Å². The highest BCUT2D eigenvalue weighted by atomic mass is 16.5. The molecular formula is C17H14O4. The van der Waals surface area contributed by atoms with Gasteiger partial charge in [0.2, 0.25) is 0 Å². The van der Waals surface area contributed by atoms with Crippen molar-refractivity contribution in [3.63, 3.8) is 0 Å². The molecule has 0 amide bonds. The van der Waals surface area contributed by atoms with Gasteiger partial charge in [0.15, 0.2) is 0 Å². The molecule has 1 aliphatic heterocycles. The summed E-state index contributed by atoms with van der Waals surface area (Å²) >= 11 is 0. The van der Waals surface area contributed by atoms with Gasteiger partial charge >= 0.3 is 5.97 Å². The van der Waals surface area contributed by atoms with E-state index in [0.717, 1.165) is 11.3 Å². The highest BCUT2D eigenvalue weighted by Gasteiger charge is 2.24. The standard InChI is InChI=1S/C17H14O4/c1-2-9-20-17(19)12-7-8-15-13(16(12)18)10-11-5-3-4-6-14(11)21-15/h2-8,18H,1,9-10H2. The molecule has 1 heterocycles. The summed E-state index contributed by atoms with van der Waals surface area (Å²) in [6.45, 7) is 3.59. The Kier molecular flexibility index (Phi) is 3.36. The first-order chi connectivity index (χ1) is 10.2. The quantitative estimate of drug-likeness (QED) is 0.590. The van der Waals surface area contributed by atoms with E-state index in [1.165, 1.54) is 12.1 Å². The van der Waals surface area contributed by atoms with E-state index in [1.807, 2.05) is 24.3 Å². The summed E-state index contributed by atoms with van der Waals surface area (Å²) in [5.74, 6) is 0.669. The van der Waals surface area contributed by atoms with E-state index in [-0.39, 0.29) is 17.9 Å². The van der Waals surface area contributed by atoms with Gasteiger partial charge < -0.3 is 14.6 Å². The molecule has 0 saturated heterocycles. The van der Waals surface area contributed by atoms with Crippen LogP contribution in [0.1, 0.15) is 21.5 Å². The molecule has 4 nitrogen and oxygen atoms in total. The van der Waals surface area contributed by atoms with Crippen molar-refractivity contribution in [1.29, 1.82) is 0 Å². The molecule has 0 saturated carbocycles. The van der Waals surface area contributed by atoms with Crippen LogP contribution in [0.15, 0.2) is 49.1 Å². The lowest BCUT2D eigenvalue weighted by atomic mass is 9.97. The molecule has 0 bridgehead atoms. The fraction of sp³-hybridized carbons (Fsp3) is 0.118. The molecule has 106 valence electrons. The Balaban J connectivity index is 1.97. The maximum Gasteiger partial charge on any atom is 0.342 e. The molecule has 0 aliphatic carbocycles. The van der Waals surface area contributed by atoms with Crippen LogP contribution in [-0.4, -0.2) is 17.7 Å². The number of hydrogen-bond donors (Lipinski definition) is 1. The second-order valence-corrected chi connectivity index (χ2v) is 4.71. The maximum atomic E-state index is 11.9. The molecule has 2 aromatic rings. The average Bonchev–Trinajstić information content (AvgIpc) is 2.51. The van der Waals surface area contributed by atoms with Crippen molar-refractivity contribution >= 4 is 5.97 Å². The van der Waals surface area contributed by atoms with Gasteiger partial charge in [0.05, 0.1) is 0 Å². The summed E-state index contributed by atoms with van der Waals surface area (Å²) in [5, 5.41) is 10.3. The summed E-state index contributed by atoms with van der Waals surface area (Å²) in [7, 11) is 0. The van der Waals surface area contributed by atoms with Crippen LogP contribution in [0.3, 0.4) is 0 Å². The van der Waals surface area contributed by atoms with Gasteiger partial charge in [-0.25, -0.2) is 4.79 Å². The number of rotatable bonds is 3. The van der Waals surface area contributed by atoms with E-state index in [2.05, 4.69) is 6.58 Å². The van der Waals surface area contributed by atoms with Gasteiger partial charge in [0, 0.05) is 12.0 Å². The first-order valence-electron chi connectivity index (χ1n) is 6.59. The molecule has 1 aliphatic rings. The van der Waals surface area contributed by atoms with E-state index in [0.29, 0.717) is 17.7 Å². The van der Waals surface area contributed by atoms with E-state index >= 15 is 0 Å². The summed E-state index contributed by atoms with van der Waals surface area (Å²) in [5.41, 5.74) is 1.71. The summed E-state index contributed by atoms with van der Waals surface area (Å²) in [6, 6.07) is 10.8. The molecule has 0 aromatic heterocycles. The molecule has 3 rings (SSSR count). The van der Waals surface area contributed by atoms with Gasteiger partial charge in [-0.2, -0.15) is 0 Å². The largest absolute Gasteiger partial charge is 0.507 e. The van der Waals surface area contributed by atoms with Crippen LogP contribution in [-0.2, 0) is 11.2 Å². The molecule has 4 heteroatoms. The summed E-state index contributed by atoms with van der Waals surface area (Å²) in [4.78, 5) is 11.9. The SMILES string of the molecule is C=CCOC(=O)c1ccc2c(c1O)Cc1ccccc1O2. The number of para-hydroxylation sites is 1. The lowest BCUT2D eigenvalue weighted by Gasteiger charge is -2.21. The minimum Gasteiger partial charge on any atom is -0.507 e. The topological polar surface area (TPSA) is 55.8 Å². The van der Waals surface area contributed by atoms with Crippen molar-refractivity contribution in [2.45, 2.75) is 6.42 Å². The lowest BCUT2D eigenvalue weighted by Crippen LogP contribution is -2.09. The molecule has 0 unspecified atom stereocenters. The number of carbonyl (C=O) groups is 1. The lowest BCUT2D eigenvalue weighted by molar-refractivity contribution is 0.0546. The summed E-state index contributed by atoms with van der Waals surface area (Å²) in [6.07, 6.45) is 1.99. The van der Waals surface area contributed by atoms with Gasteiger partial charge in [0.25, 0.3) is 0 Å². The number of phenols is 1. The molecule has 1 N–H and O–H groups in total. The van der Waals surface area contributed by atoms with E-state index < -0.39 is 5.97 Å². The van der Waals surface area contributed by atoms with Crippen molar-refractivity contribution < 1.29 is 19.4 Å². The van der Waals surface area contributed by atoms with Crippen LogP contribution >= 0.6 is 0 Å². The number of fused-ring (bicyclic) bond motifs is 2. The number of aromatic hydroxyl groups is 1. The van der Waals surface area contributed by atoms with Crippen molar-refractivity contribution in [1.82, 2.24) is 0 Å². The molecular weight excluding hydrogens is 268 g/mol. The second kappa shape index (κ2) is 5.32. The fourth-order valence-electron chi connectivity index (χ4n) is 2.32. The van der Waals surface area contributed by atoms with E-state index in [4.69, 9.17) is 9.47 Å². The zero-order valence-electron chi connectivity index (χ0n) is 11.3. The van der Waals surface area contributed by atoms with Gasteiger partial charge in [-0.05, 0) is 23.8 Å². The monoisotopic (exact) mass is 282 g/mol.